The lowest BCUT2D eigenvalue weighted by Crippen LogP contribution is -2.37. The van der Waals surface area contributed by atoms with Crippen LogP contribution in [0.25, 0.3) is 0 Å². The number of ether oxygens (including phenoxy) is 2. The highest BCUT2D eigenvalue weighted by Gasteiger charge is 2.46. The summed E-state index contributed by atoms with van der Waals surface area (Å²) in [5, 5.41) is 4.09. The Hall–Kier alpha value is -1.40. The van der Waals surface area contributed by atoms with E-state index in [0.29, 0.717) is 12.5 Å². The molecule has 2 aliphatic rings. The predicted molar refractivity (Wildman–Crippen MR) is 76.7 cm³/mol. The molecule has 3 rings (SSSR count). The average Bonchev–Trinajstić information content (AvgIpc) is 3.20. The molecular formula is C15H23N3O3. The topological polar surface area (TPSA) is 56.6 Å². The van der Waals surface area contributed by atoms with E-state index in [0.717, 1.165) is 45.6 Å². The van der Waals surface area contributed by atoms with Crippen LogP contribution in [0.5, 0.6) is 0 Å². The van der Waals surface area contributed by atoms with E-state index in [9.17, 15) is 4.79 Å². The molecule has 2 fully saturated rings. The maximum absolute atomic E-state index is 12.3. The zero-order valence-corrected chi connectivity index (χ0v) is 12.5. The van der Waals surface area contributed by atoms with Gasteiger partial charge in [-0.05, 0) is 31.2 Å². The van der Waals surface area contributed by atoms with E-state index in [1.807, 2.05) is 17.2 Å². The van der Waals surface area contributed by atoms with Crippen molar-refractivity contribution in [2.75, 3.05) is 33.4 Å². The third kappa shape index (κ3) is 3.27. The van der Waals surface area contributed by atoms with Gasteiger partial charge in [-0.15, -0.1) is 0 Å². The van der Waals surface area contributed by atoms with Crippen molar-refractivity contribution in [3.63, 3.8) is 0 Å². The number of methoxy groups -OCH3 is 1. The summed E-state index contributed by atoms with van der Waals surface area (Å²) < 4.78 is 12.9. The minimum absolute atomic E-state index is 0.113. The van der Waals surface area contributed by atoms with E-state index in [2.05, 4.69) is 5.10 Å². The van der Waals surface area contributed by atoms with Crippen molar-refractivity contribution in [2.45, 2.75) is 31.4 Å². The number of aromatic nitrogens is 2. The van der Waals surface area contributed by atoms with Crippen LogP contribution in [0.4, 0.5) is 0 Å². The van der Waals surface area contributed by atoms with Crippen LogP contribution in [0, 0.1) is 5.92 Å². The summed E-state index contributed by atoms with van der Waals surface area (Å²) in [5.74, 6) is 0.686. The van der Waals surface area contributed by atoms with Gasteiger partial charge in [0.05, 0.1) is 12.2 Å². The molecule has 2 aliphatic heterocycles. The molecule has 0 saturated carbocycles. The molecule has 2 unspecified atom stereocenters. The van der Waals surface area contributed by atoms with E-state index in [-0.39, 0.29) is 11.5 Å². The highest BCUT2D eigenvalue weighted by molar-refractivity contribution is 5.76. The average molecular weight is 293 g/mol. The summed E-state index contributed by atoms with van der Waals surface area (Å²) in [6.07, 6.45) is 6.54. The van der Waals surface area contributed by atoms with Crippen molar-refractivity contribution in [2.24, 2.45) is 5.92 Å². The first-order valence-electron chi connectivity index (χ1n) is 7.59. The number of likely N-dealkylation sites (tertiary alicyclic amines) is 1. The van der Waals surface area contributed by atoms with Gasteiger partial charge in [0.15, 0.2) is 0 Å². The highest BCUT2D eigenvalue weighted by Crippen LogP contribution is 2.39. The van der Waals surface area contributed by atoms with Gasteiger partial charge in [-0.25, -0.2) is 0 Å². The third-order valence-corrected chi connectivity index (χ3v) is 4.54. The molecule has 0 radical (unpaired) electrons. The molecule has 1 spiro atoms. The van der Waals surface area contributed by atoms with E-state index < -0.39 is 0 Å². The van der Waals surface area contributed by atoms with Crippen LogP contribution in [0.15, 0.2) is 18.5 Å². The fraction of sp³-hybridized carbons (Fsp3) is 0.733. The monoisotopic (exact) mass is 293 g/mol. The summed E-state index contributed by atoms with van der Waals surface area (Å²) in [4.78, 5) is 14.2. The molecule has 2 atom stereocenters. The Labute approximate surface area is 125 Å². The zero-order chi connectivity index (χ0) is 14.7. The van der Waals surface area contributed by atoms with Crippen LogP contribution in [0.3, 0.4) is 0 Å². The Morgan fingerprint density at radius 1 is 1.57 bits per heavy atom. The Balaban J connectivity index is 1.52. The van der Waals surface area contributed by atoms with E-state index in [1.54, 1.807) is 18.0 Å². The van der Waals surface area contributed by atoms with Crippen LogP contribution in [0.1, 0.15) is 19.3 Å². The molecule has 0 aliphatic carbocycles. The number of carbonyl (C=O) groups excluding carboxylic acids is 1. The number of hydrogen-bond donors (Lipinski definition) is 0. The first-order valence-corrected chi connectivity index (χ1v) is 7.59. The van der Waals surface area contributed by atoms with Crippen LogP contribution < -0.4 is 0 Å². The summed E-state index contributed by atoms with van der Waals surface area (Å²) >= 11 is 0. The van der Waals surface area contributed by atoms with E-state index in [4.69, 9.17) is 9.47 Å². The van der Waals surface area contributed by atoms with Gasteiger partial charge in [-0.2, -0.15) is 5.10 Å². The Morgan fingerprint density at radius 3 is 3.24 bits per heavy atom. The number of amides is 1. The molecule has 116 valence electrons. The lowest BCUT2D eigenvalue weighted by atomic mass is 9.92. The van der Waals surface area contributed by atoms with Gasteiger partial charge >= 0.3 is 0 Å². The molecule has 6 nitrogen and oxygen atoms in total. The summed E-state index contributed by atoms with van der Waals surface area (Å²) in [6, 6.07) is 1.83. The van der Waals surface area contributed by atoms with Crippen molar-refractivity contribution in [1.82, 2.24) is 14.7 Å². The molecular weight excluding hydrogens is 270 g/mol. The molecule has 3 heterocycles. The summed E-state index contributed by atoms with van der Waals surface area (Å²) in [5.41, 5.74) is -0.113. The number of nitrogens with zero attached hydrogens (tertiary/aromatic N) is 3. The third-order valence-electron chi connectivity index (χ3n) is 4.54. The Bertz CT molecular complexity index is 477. The van der Waals surface area contributed by atoms with Crippen molar-refractivity contribution in [1.29, 1.82) is 0 Å². The van der Waals surface area contributed by atoms with Gasteiger partial charge in [0.1, 0.15) is 6.54 Å². The molecule has 6 heteroatoms. The van der Waals surface area contributed by atoms with Gasteiger partial charge in [0.25, 0.3) is 0 Å². The van der Waals surface area contributed by atoms with E-state index in [1.165, 1.54) is 0 Å². The van der Waals surface area contributed by atoms with Gasteiger partial charge in [-0.1, -0.05) is 0 Å². The lowest BCUT2D eigenvalue weighted by molar-refractivity contribution is -0.132. The van der Waals surface area contributed by atoms with Crippen molar-refractivity contribution < 1.29 is 14.3 Å². The second-order valence-corrected chi connectivity index (χ2v) is 6.11. The predicted octanol–water partition coefficient (Wildman–Crippen LogP) is 0.927. The fourth-order valence-electron chi connectivity index (χ4n) is 3.38. The Kier molecular flexibility index (Phi) is 4.26. The summed E-state index contributed by atoms with van der Waals surface area (Å²) in [7, 11) is 1.73. The quantitative estimate of drug-likeness (QED) is 0.810. The molecule has 1 aromatic heterocycles. The second kappa shape index (κ2) is 6.15. The molecule has 21 heavy (non-hydrogen) atoms. The highest BCUT2D eigenvalue weighted by atomic mass is 16.5. The molecule has 1 aromatic rings. The standard InChI is InChI=1S/C15H23N3O3/c1-20-8-3-13-9-15(21-11-13)4-7-17(12-15)14(19)10-18-6-2-5-16-18/h2,5-6,13H,3-4,7-12H2,1H3. The molecule has 1 amide bonds. The minimum Gasteiger partial charge on any atom is -0.385 e. The lowest BCUT2D eigenvalue weighted by Gasteiger charge is -2.23. The fourth-order valence-corrected chi connectivity index (χ4v) is 3.38. The maximum Gasteiger partial charge on any atom is 0.244 e. The van der Waals surface area contributed by atoms with Gasteiger partial charge in [0, 0.05) is 39.2 Å². The van der Waals surface area contributed by atoms with Crippen molar-refractivity contribution in [3.05, 3.63) is 18.5 Å². The first kappa shape index (κ1) is 14.5. The smallest absolute Gasteiger partial charge is 0.244 e. The SMILES string of the molecule is COCCC1COC2(CCN(C(=O)Cn3cccn3)C2)C1. The number of carbonyl (C=O) groups is 1. The first-order chi connectivity index (χ1) is 10.2. The maximum atomic E-state index is 12.3. The van der Waals surface area contributed by atoms with Gasteiger partial charge in [0.2, 0.25) is 5.91 Å². The molecule has 0 bridgehead atoms. The Morgan fingerprint density at radius 2 is 2.48 bits per heavy atom. The summed E-state index contributed by atoms with van der Waals surface area (Å²) in [6.45, 7) is 3.40. The van der Waals surface area contributed by atoms with E-state index >= 15 is 0 Å². The normalized spacial score (nSPS) is 28.6. The largest absolute Gasteiger partial charge is 0.385 e. The van der Waals surface area contributed by atoms with Crippen molar-refractivity contribution >= 4 is 5.91 Å². The molecule has 0 N–H and O–H groups in total. The van der Waals surface area contributed by atoms with Crippen LogP contribution in [-0.2, 0) is 20.8 Å². The second-order valence-electron chi connectivity index (χ2n) is 6.11. The molecule has 2 saturated heterocycles. The molecule has 0 aromatic carbocycles. The van der Waals surface area contributed by atoms with Crippen molar-refractivity contribution in [3.8, 4) is 0 Å². The number of rotatable bonds is 5. The van der Waals surface area contributed by atoms with Gasteiger partial charge in [-0.3, -0.25) is 9.48 Å². The zero-order valence-electron chi connectivity index (χ0n) is 12.5. The van der Waals surface area contributed by atoms with Crippen LogP contribution in [-0.4, -0.2) is 59.6 Å². The van der Waals surface area contributed by atoms with Crippen LogP contribution in [0.2, 0.25) is 0 Å². The minimum atomic E-state index is -0.113. The van der Waals surface area contributed by atoms with Gasteiger partial charge < -0.3 is 14.4 Å². The van der Waals surface area contributed by atoms with Crippen LogP contribution >= 0.6 is 0 Å². The number of hydrogen-bond acceptors (Lipinski definition) is 4.